The van der Waals surface area contributed by atoms with Crippen LogP contribution in [0.3, 0.4) is 0 Å². The van der Waals surface area contributed by atoms with Gasteiger partial charge in [-0.25, -0.2) is 0 Å². The summed E-state index contributed by atoms with van der Waals surface area (Å²) < 4.78 is 11.5. The molecule has 5 nitrogen and oxygen atoms in total. The molecule has 0 N–H and O–H groups in total. The normalized spacial score (nSPS) is 19.6. The van der Waals surface area contributed by atoms with E-state index in [0.29, 0.717) is 19.8 Å². The number of nitrogens with zero attached hydrogens (tertiary/aromatic N) is 2. The molecule has 32 heavy (non-hydrogen) atoms. The molecule has 0 spiro atoms. The third-order valence-electron chi connectivity index (χ3n) is 7.39. The fourth-order valence-electron chi connectivity index (χ4n) is 5.62. The van der Waals surface area contributed by atoms with E-state index in [1.807, 2.05) is 24.1 Å². The summed E-state index contributed by atoms with van der Waals surface area (Å²) in [6.07, 6.45) is 7.85. The number of hydrogen-bond acceptors (Lipinski definition) is 4. The number of rotatable bonds is 5. The van der Waals surface area contributed by atoms with E-state index in [1.165, 1.54) is 30.5 Å². The molecule has 2 heterocycles. The lowest BCUT2D eigenvalue weighted by Gasteiger charge is -2.34. The van der Waals surface area contributed by atoms with Crippen molar-refractivity contribution in [3.05, 3.63) is 53.6 Å². The highest BCUT2D eigenvalue weighted by Gasteiger charge is 2.44. The van der Waals surface area contributed by atoms with Crippen molar-refractivity contribution in [3.63, 3.8) is 0 Å². The van der Waals surface area contributed by atoms with Crippen LogP contribution in [0, 0.1) is 0 Å². The van der Waals surface area contributed by atoms with Crippen LogP contribution in [0.1, 0.15) is 56.1 Å². The molecule has 1 aliphatic carbocycles. The molecule has 0 unspecified atom stereocenters. The van der Waals surface area contributed by atoms with Gasteiger partial charge in [0, 0.05) is 32.4 Å². The molecule has 5 rings (SSSR count). The summed E-state index contributed by atoms with van der Waals surface area (Å²) in [5.41, 5.74) is 3.08. The van der Waals surface area contributed by atoms with Gasteiger partial charge in [-0.1, -0.05) is 31.0 Å². The molecule has 2 fully saturated rings. The number of benzene rings is 2. The minimum Gasteiger partial charge on any atom is -0.486 e. The van der Waals surface area contributed by atoms with Gasteiger partial charge in [-0.3, -0.25) is 4.79 Å². The maximum Gasteiger partial charge on any atom is 0.233 e. The van der Waals surface area contributed by atoms with Gasteiger partial charge in [-0.2, -0.15) is 0 Å². The van der Waals surface area contributed by atoms with Crippen molar-refractivity contribution in [1.82, 2.24) is 4.90 Å². The number of ether oxygens (including phenoxy) is 2. The number of carbonyl (C=O) groups excluding carboxylic acids is 1. The fourth-order valence-corrected chi connectivity index (χ4v) is 5.62. The zero-order valence-electron chi connectivity index (χ0n) is 19.1. The molecule has 2 aromatic rings. The highest BCUT2D eigenvalue weighted by Crippen LogP contribution is 2.45. The monoisotopic (exact) mass is 434 g/mol. The van der Waals surface area contributed by atoms with E-state index in [1.54, 1.807) is 0 Å². The second-order valence-corrected chi connectivity index (χ2v) is 9.52. The third kappa shape index (κ3) is 4.05. The molecule has 0 aromatic heterocycles. The van der Waals surface area contributed by atoms with Crippen LogP contribution in [0.25, 0.3) is 0 Å². The molecule has 0 bridgehead atoms. The van der Waals surface area contributed by atoms with Crippen LogP contribution in [0.2, 0.25) is 0 Å². The second kappa shape index (κ2) is 9.05. The van der Waals surface area contributed by atoms with E-state index >= 15 is 0 Å². The highest BCUT2D eigenvalue weighted by molar-refractivity contribution is 5.88. The smallest absolute Gasteiger partial charge is 0.233 e. The number of fused-ring (bicyclic) bond motifs is 1. The predicted octanol–water partition coefficient (Wildman–Crippen LogP) is 4.92. The Kier molecular flexibility index (Phi) is 5.99. The first kappa shape index (κ1) is 21.2. The van der Waals surface area contributed by atoms with Gasteiger partial charge < -0.3 is 19.3 Å². The molecular formula is C27H34N2O3. The predicted molar refractivity (Wildman–Crippen MR) is 127 cm³/mol. The summed E-state index contributed by atoms with van der Waals surface area (Å²) in [7, 11) is 1.94. The van der Waals surface area contributed by atoms with Gasteiger partial charge >= 0.3 is 0 Å². The lowest BCUT2D eigenvalue weighted by atomic mass is 9.77. The zero-order valence-corrected chi connectivity index (χ0v) is 19.1. The van der Waals surface area contributed by atoms with Gasteiger partial charge in [0.05, 0.1) is 5.41 Å². The molecule has 1 saturated carbocycles. The van der Waals surface area contributed by atoms with Crippen LogP contribution in [-0.4, -0.2) is 44.2 Å². The fraction of sp³-hybridized carbons (Fsp3) is 0.519. The topological polar surface area (TPSA) is 42.0 Å². The van der Waals surface area contributed by atoms with E-state index in [4.69, 9.17) is 9.47 Å². The second-order valence-electron chi connectivity index (χ2n) is 9.52. The number of likely N-dealkylation sites (N-methyl/N-ethyl adjacent to an activating group) is 1. The summed E-state index contributed by atoms with van der Waals surface area (Å²) in [5, 5.41) is 0. The largest absolute Gasteiger partial charge is 0.486 e. The SMILES string of the molecule is CN(Cc1ccc(N2CCCCC2)cc1)C(=O)C1(c2ccc3c(c2)OCCO3)CCCC1. The Morgan fingerprint density at radius 1 is 0.906 bits per heavy atom. The maximum absolute atomic E-state index is 13.8. The van der Waals surface area contributed by atoms with Crippen molar-refractivity contribution in [2.24, 2.45) is 0 Å². The minimum absolute atomic E-state index is 0.215. The van der Waals surface area contributed by atoms with Crippen molar-refractivity contribution >= 4 is 11.6 Å². The summed E-state index contributed by atoms with van der Waals surface area (Å²) >= 11 is 0. The first-order valence-electron chi connectivity index (χ1n) is 12.2. The van der Waals surface area contributed by atoms with E-state index in [2.05, 4.69) is 35.2 Å². The molecule has 2 aromatic carbocycles. The molecule has 0 atom stereocenters. The minimum atomic E-state index is -0.460. The van der Waals surface area contributed by atoms with Crippen molar-refractivity contribution in [1.29, 1.82) is 0 Å². The van der Waals surface area contributed by atoms with Gasteiger partial charge in [0.2, 0.25) is 5.91 Å². The Morgan fingerprint density at radius 3 is 2.31 bits per heavy atom. The Labute approximate surface area is 191 Å². The molecular weight excluding hydrogens is 400 g/mol. The number of carbonyl (C=O) groups is 1. The van der Waals surface area contributed by atoms with E-state index in [0.717, 1.165) is 55.8 Å². The maximum atomic E-state index is 13.8. The van der Waals surface area contributed by atoms with Crippen LogP contribution in [-0.2, 0) is 16.8 Å². The molecule has 2 aliphatic heterocycles. The van der Waals surface area contributed by atoms with Crippen LogP contribution in [0.5, 0.6) is 11.5 Å². The van der Waals surface area contributed by atoms with Gasteiger partial charge in [-0.05, 0) is 67.5 Å². The lowest BCUT2D eigenvalue weighted by molar-refractivity contribution is -0.136. The van der Waals surface area contributed by atoms with Gasteiger partial charge in [0.15, 0.2) is 11.5 Å². The number of amides is 1. The third-order valence-corrected chi connectivity index (χ3v) is 7.39. The van der Waals surface area contributed by atoms with Crippen LogP contribution in [0.15, 0.2) is 42.5 Å². The van der Waals surface area contributed by atoms with Gasteiger partial charge in [0.25, 0.3) is 0 Å². The summed E-state index contributed by atoms with van der Waals surface area (Å²) in [6, 6.07) is 14.9. The van der Waals surface area contributed by atoms with Crippen molar-refractivity contribution < 1.29 is 14.3 Å². The summed E-state index contributed by atoms with van der Waals surface area (Å²) in [4.78, 5) is 18.2. The van der Waals surface area contributed by atoms with Gasteiger partial charge in [0.1, 0.15) is 13.2 Å². The number of hydrogen-bond donors (Lipinski definition) is 0. The Balaban J connectivity index is 1.32. The lowest BCUT2D eigenvalue weighted by Crippen LogP contribution is -2.43. The summed E-state index contributed by atoms with van der Waals surface area (Å²) in [6.45, 7) is 4.07. The summed E-state index contributed by atoms with van der Waals surface area (Å²) in [5.74, 6) is 1.76. The first-order chi connectivity index (χ1) is 15.7. The zero-order chi connectivity index (χ0) is 22.0. The van der Waals surface area contributed by atoms with Gasteiger partial charge in [-0.15, -0.1) is 0 Å². The standard InChI is InChI=1S/C27H34N2O3/c1-28(20-21-7-10-23(11-8-21)29-15-5-2-6-16-29)26(30)27(13-3-4-14-27)22-9-12-24-25(19-22)32-18-17-31-24/h7-12,19H,2-6,13-18,20H2,1H3. The Bertz CT molecular complexity index is 944. The van der Waals surface area contributed by atoms with Crippen molar-refractivity contribution in [2.75, 3.05) is 38.3 Å². The molecule has 1 amide bonds. The number of anilines is 1. The molecule has 3 aliphatic rings. The average molecular weight is 435 g/mol. The van der Waals surface area contributed by atoms with Crippen LogP contribution in [0.4, 0.5) is 5.69 Å². The van der Waals surface area contributed by atoms with Crippen LogP contribution >= 0.6 is 0 Å². The number of piperidine rings is 1. The van der Waals surface area contributed by atoms with E-state index in [-0.39, 0.29) is 5.91 Å². The van der Waals surface area contributed by atoms with E-state index < -0.39 is 5.41 Å². The first-order valence-corrected chi connectivity index (χ1v) is 12.2. The van der Waals surface area contributed by atoms with Crippen LogP contribution < -0.4 is 14.4 Å². The Morgan fingerprint density at radius 2 is 1.59 bits per heavy atom. The molecule has 1 saturated heterocycles. The molecule has 170 valence electrons. The average Bonchev–Trinajstić information content (AvgIpc) is 3.35. The Hall–Kier alpha value is -2.69. The highest BCUT2D eigenvalue weighted by atomic mass is 16.6. The molecule has 5 heteroatoms. The van der Waals surface area contributed by atoms with Crippen molar-refractivity contribution in [2.45, 2.75) is 56.9 Å². The van der Waals surface area contributed by atoms with E-state index in [9.17, 15) is 4.79 Å². The molecule has 0 radical (unpaired) electrons. The van der Waals surface area contributed by atoms with Crippen molar-refractivity contribution in [3.8, 4) is 11.5 Å². The quantitative estimate of drug-likeness (QED) is 0.670.